The van der Waals surface area contributed by atoms with Gasteiger partial charge in [-0.2, -0.15) is 0 Å². The normalized spacial score (nSPS) is 18.6. The van der Waals surface area contributed by atoms with Crippen LogP contribution in [0.15, 0.2) is 53.5 Å². The Balaban J connectivity index is 0.00000341. The molecule has 2 aromatic carbocycles. The third-order valence-electron chi connectivity index (χ3n) is 5.13. The van der Waals surface area contributed by atoms with Crippen LogP contribution in [0.5, 0.6) is 0 Å². The van der Waals surface area contributed by atoms with Crippen molar-refractivity contribution < 1.29 is 13.9 Å². The highest BCUT2D eigenvalue weighted by Gasteiger charge is 2.27. The number of anilines is 1. The molecule has 168 valence electrons. The Morgan fingerprint density at radius 3 is 2.68 bits per heavy atom. The smallest absolute Gasteiger partial charge is 0.243 e. The molecule has 3 N–H and O–H groups in total. The van der Waals surface area contributed by atoms with E-state index in [0.717, 1.165) is 19.4 Å². The predicted molar refractivity (Wildman–Crippen MR) is 132 cm³/mol. The Morgan fingerprint density at radius 2 is 1.97 bits per heavy atom. The van der Waals surface area contributed by atoms with Crippen molar-refractivity contribution in [3.63, 3.8) is 0 Å². The fraction of sp³-hybridized carbons (Fsp3) is 0.391. The molecule has 1 heterocycles. The first kappa shape index (κ1) is 25.1. The molecule has 0 aliphatic carbocycles. The standard InChI is InChI=1S/C23H29FN4O2.HI/c1-16-8-10-17(11-9-16)22-18(5-4-12-30-22)14-26-23(25-2)27-15-21(29)28-20-7-3-6-19(24)13-20;/h3,6-11,13,18,22H,4-5,12,14-15H2,1-2H3,(H,28,29)(H2,25,26,27);1H. The molecule has 0 saturated carbocycles. The molecule has 8 heteroatoms. The second-order valence-corrected chi connectivity index (χ2v) is 7.47. The molecule has 0 bridgehead atoms. The maximum Gasteiger partial charge on any atom is 0.243 e. The SMILES string of the molecule is CN=C(NCC(=O)Nc1cccc(F)c1)NCC1CCCOC1c1ccc(C)cc1.I. The number of halogens is 2. The fourth-order valence-electron chi connectivity index (χ4n) is 3.56. The first-order valence-electron chi connectivity index (χ1n) is 10.2. The third-order valence-corrected chi connectivity index (χ3v) is 5.13. The molecule has 1 amide bonds. The summed E-state index contributed by atoms with van der Waals surface area (Å²) in [6.07, 6.45) is 2.13. The van der Waals surface area contributed by atoms with Crippen molar-refractivity contribution in [3.8, 4) is 0 Å². The first-order chi connectivity index (χ1) is 14.5. The van der Waals surface area contributed by atoms with Gasteiger partial charge in [0.25, 0.3) is 0 Å². The molecule has 0 aromatic heterocycles. The van der Waals surface area contributed by atoms with Gasteiger partial charge >= 0.3 is 0 Å². The Hall–Kier alpha value is -2.20. The molecule has 1 fully saturated rings. The van der Waals surface area contributed by atoms with Crippen molar-refractivity contribution >= 4 is 41.5 Å². The second-order valence-electron chi connectivity index (χ2n) is 7.47. The molecule has 1 aliphatic heterocycles. The van der Waals surface area contributed by atoms with Gasteiger partial charge in [0.05, 0.1) is 12.6 Å². The summed E-state index contributed by atoms with van der Waals surface area (Å²) in [5, 5.41) is 8.95. The van der Waals surface area contributed by atoms with Gasteiger partial charge in [-0.05, 0) is 43.5 Å². The predicted octanol–water partition coefficient (Wildman–Crippen LogP) is 4.02. The van der Waals surface area contributed by atoms with E-state index in [4.69, 9.17) is 4.74 Å². The number of carbonyl (C=O) groups is 1. The average Bonchev–Trinajstić information content (AvgIpc) is 2.75. The molecular weight excluding hydrogens is 510 g/mol. The molecule has 31 heavy (non-hydrogen) atoms. The van der Waals surface area contributed by atoms with Gasteiger partial charge in [0.15, 0.2) is 5.96 Å². The number of guanidine groups is 1. The van der Waals surface area contributed by atoms with E-state index in [1.807, 2.05) is 0 Å². The lowest BCUT2D eigenvalue weighted by Gasteiger charge is -2.32. The van der Waals surface area contributed by atoms with Crippen molar-refractivity contribution in [2.45, 2.75) is 25.9 Å². The van der Waals surface area contributed by atoms with Gasteiger partial charge < -0.3 is 20.7 Å². The highest BCUT2D eigenvalue weighted by Crippen LogP contribution is 2.33. The van der Waals surface area contributed by atoms with Crippen LogP contribution in [0.2, 0.25) is 0 Å². The topological polar surface area (TPSA) is 74.8 Å². The molecule has 6 nitrogen and oxygen atoms in total. The van der Waals surface area contributed by atoms with E-state index in [0.29, 0.717) is 24.1 Å². The summed E-state index contributed by atoms with van der Waals surface area (Å²) in [7, 11) is 1.66. The minimum Gasteiger partial charge on any atom is -0.373 e. The number of ether oxygens (including phenoxy) is 1. The third kappa shape index (κ3) is 7.77. The second kappa shape index (κ2) is 12.6. The molecule has 1 saturated heterocycles. The monoisotopic (exact) mass is 540 g/mol. The number of benzene rings is 2. The maximum atomic E-state index is 13.2. The lowest BCUT2D eigenvalue weighted by Crippen LogP contribution is -2.44. The number of hydrogen-bond donors (Lipinski definition) is 3. The highest BCUT2D eigenvalue weighted by molar-refractivity contribution is 14.0. The van der Waals surface area contributed by atoms with Gasteiger partial charge in [0, 0.05) is 31.8 Å². The summed E-state index contributed by atoms with van der Waals surface area (Å²) in [6.45, 7) is 3.55. The van der Waals surface area contributed by atoms with Gasteiger partial charge in [-0.3, -0.25) is 9.79 Å². The summed E-state index contributed by atoms with van der Waals surface area (Å²) < 4.78 is 19.3. The van der Waals surface area contributed by atoms with E-state index in [-0.39, 0.29) is 42.5 Å². The number of nitrogens with one attached hydrogen (secondary N) is 3. The number of nitrogens with zero attached hydrogens (tertiary/aromatic N) is 1. The number of aryl methyl sites for hydroxylation is 1. The zero-order valence-corrected chi connectivity index (χ0v) is 20.2. The largest absolute Gasteiger partial charge is 0.373 e. The van der Waals surface area contributed by atoms with Crippen LogP contribution in [0.25, 0.3) is 0 Å². The van der Waals surface area contributed by atoms with E-state index in [1.54, 1.807) is 19.2 Å². The van der Waals surface area contributed by atoms with Crippen LogP contribution in [0.4, 0.5) is 10.1 Å². The Morgan fingerprint density at radius 1 is 1.19 bits per heavy atom. The Bertz CT molecular complexity index is 876. The van der Waals surface area contributed by atoms with Crippen molar-refractivity contribution in [2.24, 2.45) is 10.9 Å². The van der Waals surface area contributed by atoms with Gasteiger partial charge in [-0.15, -0.1) is 24.0 Å². The Kier molecular flexibility index (Phi) is 10.2. The van der Waals surface area contributed by atoms with Crippen LogP contribution in [-0.4, -0.2) is 38.6 Å². The molecular formula is C23H30FIN4O2. The average molecular weight is 540 g/mol. The van der Waals surface area contributed by atoms with E-state index >= 15 is 0 Å². The van der Waals surface area contributed by atoms with Crippen molar-refractivity contribution in [2.75, 3.05) is 32.1 Å². The number of aliphatic imine (C=N–C) groups is 1. The van der Waals surface area contributed by atoms with Crippen molar-refractivity contribution in [3.05, 3.63) is 65.5 Å². The van der Waals surface area contributed by atoms with Crippen molar-refractivity contribution in [1.82, 2.24) is 10.6 Å². The lowest BCUT2D eigenvalue weighted by molar-refractivity contribution is -0.115. The van der Waals surface area contributed by atoms with Crippen molar-refractivity contribution in [1.29, 1.82) is 0 Å². The van der Waals surface area contributed by atoms with Crippen LogP contribution in [0.1, 0.15) is 30.1 Å². The highest BCUT2D eigenvalue weighted by atomic mass is 127. The minimum absolute atomic E-state index is 0. The molecule has 1 aliphatic rings. The minimum atomic E-state index is -0.393. The summed E-state index contributed by atoms with van der Waals surface area (Å²) in [5.41, 5.74) is 2.83. The van der Waals surface area contributed by atoms with Crippen LogP contribution in [-0.2, 0) is 9.53 Å². The molecule has 0 spiro atoms. The quantitative estimate of drug-likeness (QED) is 0.294. The summed E-state index contributed by atoms with van der Waals surface area (Å²) >= 11 is 0. The molecule has 0 radical (unpaired) electrons. The number of carbonyl (C=O) groups excluding carboxylic acids is 1. The van der Waals surface area contributed by atoms with E-state index in [9.17, 15) is 9.18 Å². The van der Waals surface area contributed by atoms with Gasteiger partial charge in [0.2, 0.25) is 5.91 Å². The van der Waals surface area contributed by atoms with Crippen LogP contribution in [0, 0.1) is 18.7 Å². The van der Waals surface area contributed by atoms with E-state index in [1.165, 1.54) is 23.3 Å². The van der Waals surface area contributed by atoms with Gasteiger partial charge in [0.1, 0.15) is 5.82 Å². The van der Waals surface area contributed by atoms with Crippen LogP contribution >= 0.6 is 24.0 Å². The van der Waals surface area contributed by atoms with Gasteiger partial charge in [-0.25, -0.2) is 4.39 Å². The van der Waals surface area contributed by atoms with Crippen LogP contribution in [0.3, 0.4) is 0 Å². The molecule has 3 rings (SSSR count). The Labute approximate surface area is 200 Å². The summed E-state index contributed by atoms with van der Waals surface area (Å²) in [4.78, 5) is 16.3. The number of hydrogen-bond acceptors (Lipinski definition) is 3. The fourth-order valence-corrected chi connectivity index (χ4v) is 3.56. The zero-order valence-electron chi connectivity index (χ0n) is 17.9. The molecule has 2 aromatic rings. The number of amides is 1. The molecule has 2 atom stereocenters. The first-order valence-corrected chi connectivity index (χ1v) is 10.2. The van der Waals surface area contributed by atoms with E-state index in [2.05, 4.69) is 52.1 Å². The summed E-state index contributed by atoms with van der Waals surface area (Å²) in [6, 6.07) is 14.3. The number of rotatable bonds is 6. The van der Waals surface area contributed by atoms with Crippen LogP contribution < -0.4 is 16.0 Å². The van der Waals surface area contributed by atoms with E-state index < -0.39 is 5.82 Å². The maximum absolute atomic E-state index is 13.2. The van der Waals surface area contributed by atoms with Gasteiger partial charge in [-0.1, -0.05) is 35.9 Å². The zero-order chi connectivity index (χ0) is 21.3. The summed E-state index contributed by atoms with van der Waals surface area (Å²) in [5.74, 6) is 0.178. The lowest BCUT2D eigenvalue weighted by atomic mass is 9.89. The molecule has 2 unspecified atom stereocenters.